The summed E-state index contributed by atoms with van der Waals surface area (Å²) in [5.41, 5.74) is 6.99. The van der Waals surface area contributed by atoms with E-state index in [1.54, 1.807) is 20.0 Å². The van der Waals surface area contributed by atoms with Gasteiger partial charge in [0.05, 0.1) is 11.1 Å². The summed E-state index contributed by atoms with van der Waals surface area (Å²) < 4.78 is 26.8. The summed E-state index contributed by atoms with van der Waals surface area (Å²) in [6.45, 7) is 3.63. The maximum atomic E-state index is 12.7. The smallest absolute Gasteiger partial charge is 0.244 e. The van der Waals surface area contributed by atoms with Crippen LogP contribution < -0.4 is 5.73 Å². The fraction of sp³-hybridized carbons (Fsp3) is 0.286. The summed E-state index contributed by atoms with van der Waals surface area (Å²) in [6.07, 6.45) is 0. The number of anilines is 1. The minimum absolute atomic E-state index is 0.0400. The molecule has 1 aromatic carbocycles. The van der Waals surface area contributed by atoms with Crippen molar-refractivity contribution in [2.45, 2.75) is 24.8 Å². The first-order valence-electron chi connectivity index (χ1n) is 6.32. The number of halogens is 1. The van der Waals surface area contributed by atoms with Crippen LogP contribution in [0.2, 0.25) is 5.02 Å². The number of nitrogen functional groups attached to an aromatic ring is 1. The molecule has 1 heterocycles. The van der Waals surface area contributed by atoms with E-state index in [1.165, 1.54) is 21.7 Å². The molecule has 0 bridgehead atoms. The zero-order chi connectivity index (χ0) is 15.8. The molecule has 0 fully saturated rings. The minimum atomic E-state index is -3.71. The molecule has 1 atom stereocenters. The second kappa shape index (κ2) is 5.96. The first kappa shape index (κ1) is 16.3. The molecule has 0 saturated carbocycles. The number of benzene rings is 1. The third-order valence-electron chi connectivity index (χ3n) is 3.48. The van der Waals surface area contributed by atoms with E-state index in [2.05, 4.69) is 0 Å². The number of thiophene rings is 1. The van der Waals surface area contributed by atoms with Crippen molar-refractivity contribution >= 4 is 38.6 Å². The van der Waals surface area contributed by atoms with Crippen molar-refractivity contribution < 1.29 is 8.42 Å². The summed E-state index contributed by atoms with van der Waals surface area (Å²) in [7, 11) is -2.16. The van der Waals surface area contributed by atoms with Gasteiger partial charge in [-0.05, 0) is 43.0 Å². The number of hydrogen-bond donors (Lipinski definition) is 1. The summed E-state index contributed by atoms with van der Waals surface area (Å²) >= 11 is 7.62. The molecule has 0 aliphatic rings. The van der Waals surface area contributed by atoms with Crippen LogP contribution in [0.1, 0.15) is 23.4 Å². The van der Waals surface area contributed by atoms with Gasteiger partial charge in [-0.2, -0.15) is 4.31 Å². The van der Waals surface area contributed by atoms with Crippen LogP contribution >= 0.6 is 22.9 Å². The van der Waals surface area contributed by atoms with E-state index < -0.39 is 10.0 Å². The molecule has 2 N–H and O–H groups in total. The number of nitrogens with two attached hydrogens (primary N) is 1. The van der Waals surface area contributed by atoms with Gasteiger partial charge in [0.15, 0.2) is 0 Å². The van der Waals surface area contributed by atoms with Crippen molar-refractivity contribution in [3.05, 3.63) is 45.1 Å². The van der Waals surface area contributed by atoms with E-state index >= 15 is 0 Å². The molecule has 114 valence electrons. The Balaban J connectivity index is 2.45. The summed E-state index contributed by atoms with van der Waals surface area (Å²) in [5.74, 6) is 0. The van der Waals surface area contributed by atoms with E-state index in [4.69, 9.17) is 17.3 Å². The standard InChI is InChI=1S/C14H17ClN2O2S2/c1-9-7-11(15)14(8-12(9)16)21(18,19)17(3)10(2)13-5-4-6-20-13/h4-8,10H,16H2,1-3H3. The van der Waals surface area contributed by atoms with Gasteiger partial charge in [0.2, 0.25) is 10.0 Å². The molecule has 0 aliphatic carbocycles. The van der Waals surface area contributed by atoms with Crippen molar-refractivity contribution in [3.8, 4) is 0 Å². The van der Waals surface area contributed by atoms with Gasteiger partial charge in [0.1, 0.15) is 4.90 Å². The summed E-state index contributed by atoms with van der Waals surface area (Å²) in [5, 5.41) is 2.11. The molecule has 21 heavy (non-hydrogen) atoms. The van der Waals surface area contributed by atoms with Crippen LogP contribution in [-0.2, 0) is 10.0 Å². The normalized spacial score (nSPS) is 13.6. The number of nitrogens with zero attached hydrogens (tertiary/aromatic N) is 1. The highest BCUT2D eigenvalue weighted by molar-refractivity contribution is 7.89. The van der Waals surface area contributed by atoms with Crippen LogP contribution in [0.15, 0.2) is 34.5 Å². The molecule has 1 unspecified atom stereocenters. The van der Waals surface area contributed by atoms with E-state index in [9.17, 15) is 8.42 Å². The first-order valence-corrected chi connectivity index (χ1v) is 9.02. The van der Waals surface area contributed by atoms with Crippen molar-refractivity contribution in [1.82, 2.24) is 4.31 Å². The van der Waals surface area contributed by atoms with Crippen molar-refractivity contribution in [2.75, 3.05) is 12.8 Å². The van der Waals surface area contributed by atoms with Gasteiger partial charge in [0, 0.05) is 17.6 Å². The molecule has 7 heteroatoms. The molecule has 0 amide bonds. The quantitative estimate of drug-likeness (QED) is 0.860. The van der Waals surface area contributed by atoms with Gasteiger partial charge in [-0.25, -0.2) is 8.42 Å². The molecule has 2 aromatic rings. The maximum Gasteiger partial charge on any atom is 0.244 e. The van der Waals surface area contributed by atoms with Crippen LogP contribution in [-0.4, -0.2) is 19.8 Å². The lowest BCUT2D eigenvalue weighted by Gasteiger charge is -2.24. The SMILES string of the molecule is Cc1cc(Cl)c(S(=O)(=O)N(C)C(C)c2cccs2)cc1N. The lowest BCUT2D eigenvalue weighted by molar-refractivity contribution is 0.403. The van der Waals surface area contributed by atoms with Crippen LogP contribution in [0.3, 0.4) is 0 Å². The van der Waals surface area contributed by atoms with Gasteiger partial charge in [-0.15, -0.1) is 11.3 Å². The summed E-state index contributed by atoms with van der Waals surface area (Å²) in [6, 6.07) is 6.53. The molecule has 0 saturated heterocycles. The van der Waals surface area contributed by atoms with Crippen LogP contribution in [0, 0.1) is 6.92 Å². The molecular formula is C14H17ClN2O2S2. The average Bonchev–Trinajstić information content (AvgIpc) is 2.95. The van der Waals surface area contributed by atoms with Gasteiger partial charge < -0.3 is 5.73 Å². The van der Waals surface area contributed by atoms with Crippen LogP contribution in [0.25, 0.3) is 0 Å². The van der Waals surface area contributed by atoms with E-state index in [-0.39, 0.29) is 16.0 Å². The predicted octanol–water partition coefficient (Wildman–Crippen LogP) is 3.67. The number of rotatable bonds is 4. The zero-order valence-electron chi connectivity index (χ0n) is 12.0. The van der Waals surface area contributed by atoms with Crippen LogP contribution in [0.4, 0.5) is 5.69 Å². The predicted molar refractivity (Wildman–Crippen MR) is 88.3 cm³/mol. The highest BCUT2D eigenvalue weighted by Crippen LogP contribution is 2.33. The lowest BCUT2D eigenvalue weighted by atomic mass is 10.2. The minimum Gasteiger partial charge on any atom is -0.398 e. The molecule has 0 spiro atoms. The Kier molecular flexibility index (Phi) is 4.63. The van der Waals surface area contributed by atoms with Gasteiger partial charge in [0.25, 0.3) is 0 Å². The fourth-order valence-electron chi connectivity index (χ4n) is 1.94. The monoisotopic (exact) mass is 344 g/mol. The highest BCUT2D eigenvalue weighted by atomic mass is 35.5. The Bertz CT molecular complexity index is 743. The molecule has 0 radical (unpaired) electrons. The second-order valence-electron chi connectivity index (χ2n) is 4.85. The maximum absolute atomic E-state index is 12.7. The largest absolute Gasteiger partial charge is 0.398 e. The third kappa shape index (κ3) is 3.08. The molecule has 1 aromatic heterocycles. The topological polar surface area (TPSA) is 63.4 Å². The Morgan fingerprint density at radius 1 is 1.38 bits per heavy atom. The fourth-order valence-corrected chi connectivity index (χ4v) is 4.76. The van der Waals surface area contributed by atoms with Gasteiger partial charge >= 0.3 is 0 Å². The Morgan fingerprint density at radius 2 is 2.05 bits per heavy atom. The highest BCUT2D eigenvalue weighted by Gasteiger charge is 2.29. The lowest BCUT2D eigenvalue weighted by Crippen LogP contribution is -2.29. The Labute approximate surface area is 134 Å². The number of sulfonamides is 1. The first-order chi connectivity index (χ1) is 9.75. The van der Waals surface area contributed by atoms with Crippen molar-refractivity contribution in [3.63, 3.8) is 0 Å². The Morgan fingerprint density at radius 3 is 2.62 bits per heavy atom. The molecule has 4 nitrogen and oxygen atoms in total. The zero-order valence-corrected chi connectivity index (χ0v) is 14.4. The van der Waals surface area contributed by atoms with E-state index in [1.807, 2.05) is 24.4 Å². The van der Waals surface area contributed by atoms with Crippen LogP contribution in [0.5, 0.6) is 0 Å². The number of aryl methyl sites for hydroxylation is 1. The molecule has 0 aliphatic heterocycles. The molecule has 2 rings (SSSR count). The van der Waals surface area contributed by atoms with E-state index in [0.717, 1.165) is 10.4 Å². The Hall–Kier alpha value is -1.08. The summed E-state index contributed by atoms with van der Waals surface area (Å²) in [4.78, 5) is 1.01. The second-order valence-corrected chi connectivity index (χ2v) is 8.20. The third-order valence-corrected chi connectivity index (χ3v) is 6.91. The van der Waals surface area contributed by atoms with E-state index in [0.29, 0.717) is 5.69 Å². The van der Waals surface area contributed by atoms with Crippen molar-refractivity contribution in [2.24, 2.45) is 0 Å². The number of hydrogen-bond acceptors (Lipinski definition) is 4. The van der Waals surface area contributed by atoms with Crippen molar-refractivity contribution in [1.29, 1.82) is 0 Å². The molecular weight excluding hydrogens is 328 g/mol. The van der Waals surface area contributed by atoms with Gasteiger partial charge in [-0.1, -0.05) is 17.7 Å². The van der Waals surface area contributed by atoms with Gasteiger partial charge in [-0.3, -0.25) is 0 Å². The average molecular weight is 345 g/mol.